The van der Waals surface area contributed by atoms with E-state index in [0.29, 0.717) is 4.49 Å². The molecule has 0 bridgehead atoms. The van der Waals surface area contributed by atoms with Gasteiger partial charge in [0.25, 0.3) is 0 Å². The lowest BCUT2D eigenvalue weighted by atomic mass is 10.3. The number of rotatable bonds is 0. The van der Waals surface area contributed by atoms with E-state index in [2.05, 4.69) is 0 Å². The van der Waals surface area contributed by atoms with Crippen molar-refractivity contribution in [3.63, 3.8) is 0 Å². The number of hydrogen-bond acceptors (Lipinski definition) is 0. The third kappa shape index (κ3) is 1.89. The van der Waals surface area contributed by atoms with Crippen molar-refractivity contribution in [1.29, 1.82) is 0 Å². The summed E-state index contributed by atoms with van der Waals surface area (Å²) in [6, 6.07) is 0. The monoisotopic (exact) mass is 182 g/mol. The molecule has 9 heavy (non-hydrogen) atoms. The van der Waals surface area contributed by atoms with Gasteiger partial charge in [0.1, 0.15) is 4.49 Å². The predicted octanol–water partition coefficient (Wildman–Crippen LogP) is 3.24. The van der Waals surface area contributed by atoms with Crippen LogP contribution in [0.4, 0.5) is 0 Å². The number of hydrogen-bond donors (Lipinski definition) is 0. The van der Waals surface area contributed by atoms with Crippen molar-refractivity contribution in [2.45, 2.75) is 11.8 Å². The van der Waals surface area contributed by atoms with E-state index in [1.54, 1.807) is 0 Å². The fraction of sp³-hybridized carbons (Fsp3) is 0.333. The third-order valence-corrected chi connectivity index (χ3v) is 1.95. The Morgan fingerprint density at radius 2 is 2.22 bits per heavy atom. The van der Waals surface area contributed by atoms with Gasteiger partial charge in [-0.25, -0.2) is 0 Å². The van der Waals surface area contributed by atoms with Crippen molar-refractivity contribution in [1.82, 2.24) is 0 Å². The quantitative estimate of drug-likeness (QED) is 0.506. The summed E-state index contributed by atoms with van der Waals surface area (Å²) in [7, 11) is 0. The highest BCUT2D eigenvalue weighted by Gasteiger charge is 2.11. The molecule has 50 valence electrons. The first kappa shape index (κ1) is 7.46. The average Bonchev–Trinajstić information content (AvgIpc) is 2.14. The summed E-state index contributed by atoms with van der Waals surface area (Å²) in [5.74, 6) is 0. The highest BCUT2D eigenvalue weighted by Crippen LogP contribution is 2.27. The second kappa shape index (κ2) is 2.96. The van der Waals surface area contributed by atoms with Gasteiger partial charge < -0.3 is 0 Å². The van der Waals surface area contributed by atoms with Gasteiger partial charge in [-0.05, 0) is 12.0 Å². The van der Waals surface area contributed by atoms with E-state index in [4.69, 9.17) is 34.8 Å². The molecule has 0 N–H and O–H groups in total. The molecule has 1 aliphatic carbocycles. The molecule has 0 amide bonds. The molecule has 1 aliphatic rings. The molecule has 0 nitrogen and oxygen atoms in total. The maximum Gasteiger partial charge on any atom is 0.110 e. The molecule has 0 saturated carbocycles. The van der Waals surface area contributed by atoms with Crippen LogP contribution in [-0.2, 0) is 0 Å². The zero-order valence-corrected chi connectivity index (χ0v) is 6.84. The van der Waals surface area contributed by atoms with Gasteiger partial charge in [-0.2, -0.15) is 0 Å². The van der Waals surface area contributed by atoms with E-state index in [9.17, 15) is 0 Å². The lowest BCUT2D eigenvalue weighted by Crippen LogP contribution is -1.85. The molecule has 0 aliphatic heterocycles. The zero-order chi connectivity index (χ0) is 6.85. The molecule has 0 fully saturated rings. The fourth-order valence-electron chi connectivity index (χ4n) is 0.707. The van der Waals surface area contributed by atoms with Gasteiger partial charge in [-0.3, -0.25) is 0 Å². The van der Waals surface area contributed by atoms with Crippen LogP contribution in [0.25, 0.3) is 0 Å². The van der Waals surface area contributed by atoms with E-state index in [-0.39, 0.29) is 5.38 Å². The minimum absolute atomic E-state index is 0.0764. The molecule has 0 saturated heterocycles. The fourth-order valence-corrected chi connectivity index (χ4v) is 1.23. The summed E-state index contributed by atoms with van der Waals surface area (Å²) >= 11 is 16.7. The first-order chi connectivity index (χ1) is 4.20. The summed E-state index contributed by atoms with van der Waals surface area (Å²) in [5.41, 5.74) is 0.929. The molecular weight excluding hydrogens is 178 g/mol. The molecule has 0 radical (unpaired) electrons. The minimum Gasteiger partial charge on any atom is -0.118 e. The SMILES string of the molecule is ClC(Cl)=C1C=C[C@@H](Cl)C1. The molecule has 0 unspecified atom stereocenters. The van der Waals surface area contributed by atoms with Crippen LogP contribution in [0.2, 0.25) is 0 Å². The Balaban J connectivity index is 2.71. The van der Waals surface area contributed by atoms with Crippen LogP contribution in [-0.4, -0.2) is 5.38 Å². The van der Waals surface area contributed by atoms with Crippen molar-refractivity contribution >= 4 is 34.8 Å². The maximum atomic E-state index is 5.71. The second-order valence-electron chi connectivity index (χ2n) is 1.86. The molecule has 1 atom stereocenters. The van der Waals surface area contributed by atoms with Crippen LogP contribution in [0.1, 0.15) is 6.42 Å². The Kier molecular flexibility index (Phi) is 2.45. The zero-order valence-electron chi connectivity index (χ0n) is 4.57. The topological polar surface area (TPSA) is 0 Å². The van der Waals surface area contributed by atoms with E-state index >= 15 is 0 Å². The van der Waals surface area contributed by atoms with Crippen LogP contribution in [0.15, 0.2) is 22.2 Å². The lowest BCUT2D eigenvalue weighted by molar-refractivity contribution is 1.07. The van der Waals surface area contributed by atoms with Crippen molar-refractivity contribution < 1.29 is 0 Å². The molecular formula is C6H5Cl3. The first-order valence-corrected chi connectivity index (χ1v) is 3.76. The van der Waals surface area contributed by atoms with Crippen LogP contribution in [0.5, 0.6) is 0 Å². The van der Waals surface area contributed by atoms with Crippen LogP contribution in [0, 0.1) is 0 Å². The van der Waals surface area contributed by atoms with Gasteiger partial charge in [-0.15, -0.1) is 11.6 Å². The summed E-state index contributed by atoms with van der Waals surface area (Å²) in [6.45, 7) is 0. The Morgan fingerprint density at radius 1 is 1.56 bits per heavy atom. The summed E-state index contributed by atoms with van der Waals surface area (Å²) in [4.78, 5) is 0. The van der Waals surface area contributed by atoms with Crippen LogP contribution < -0.4 is 0 Å². The first-order valence-electron chi connectivity index (χ1n) is 2.56. The van der Waals surface area contributed by atoms with Crippen LogP contribution in [0.3, 0.4) is 0 Å². The Morgan fingerprint density at radius 3 is 2.44 bits per heavy atom. The third-order valence-electron chi connectivity index (χ3n) is 1.16. The van der Waals surface area contributed by atoms with Crippen molar-refractivity contribution in [3.05, 3.63) is 22.2 Å². The normalized spacial score (nSPS) is 25.2. The van der Waals surface area contributed by atoms with Crippen molar-refractivity contribution in [2.24, 2.45) is 0 Å². The van der Waals surface area contributed by atoms with Gasteiger partial charge in [-0.1, -0.05) is 35.4 Å². The maximum absolute atomic E-state index is 5.71. The highest BCUT2D eigenvalue weighted by molar-refractivity contribution is 6.56. The smallest absolute Gasteiger partial charge is 0.110 e. The molecule has 0 spiro atoms. The summed E-state index contributed by atoms with van der Waals surface area (Å²) in [5, 5.41) is 0.0764. The lowest BCUT2D eigenvalue weighted by Gasteiger charge is -1.93. The molecule has 0 aromatic heterocycles. The molecule has 0 heterocycles. The summed E-state index contributed by atoms with van der Waals surface area (Å²) < 4.78 is 0.328. The van der Waals surface area contributed by atoms with E-state index in [1.807, 2.05) is 12.2 Å². The Hall–Kier alpha value is 0.350. The minimum atomic E-state index is 0.0764. The standard InChI is InChI=1S/C6H5Cl3/c7-5-2-1-4(3-5)6(8)9/h1-2,5H,3H2/t5-/m1/s1. The highest BCUT2D eigenvalue weighted by atomic mass is 35.5. The number of allylic oxidation sites excluding steroid dienone is 3. The molecule has 1 rings (SSSR count). The molecule has 3 heteroatoms. The van der Waals surface area contributed by atoms with Gasteiger partial charge in [0.05, 0.1) is 5.38 Å². The largest absolute Gasteiger partial charge is 0.118 e. The Labute approximate surface area is 69.1 Å². The summed E-state index contributed by atoms with van der Waals surface area (Å²) in [6.07, 6.45) is 4.48. The van der Waals surface area contributed by atoms with Crippen LogP contribution >= 0.6 is 34.8 Å². The predicted molar refractivity (Wildman–Crippen MR) is 42.1 cm³/mol. The van der Waals surface area contributed by atoms with Gasteiger partial charge in [0.15, 0.2) is 0 Å². The van der Waals surface area contributed by atoms with Gasteiger partial charge >= 0.3 is 0 Å². The second-order valence-corrected chi connectivity index (χ2v) is 3.37. The molecule has 0 aromatic rings. The average molecular weight is 183 g/mol. The van der Waals surface area contributed by atoms with E-state index < -0.39 is 0 Å². The van der Waals surface area contributed by atoms with E-state index in [1.165, 1.54) is 0 Å². The Bertz CT molecular complexity index is 165. The molecule has 0 aromatic carbocycles. The van der Waals surface area contributed by atoms with Crippen molar-refractivity contribution in [2.75, 3.05) is 0 Å². The van der Waals surface area contributed by atoms with Gasteiger partial charge in [0.2, 0.25) is 0 Å². The number of alkyl halides is 1. The van der Waals surface area contributed by atoms with E-state index in [0.717, 1.165) is 12.0 Å². The number of halogens is 3. The van der Waals surface area contributed by atoms with Gasteiger partial charge in [0, 0.05) is 0 Å². The van der Waals surface area contributed by atoms with Crippen molar-refractivity contribution in [3.8, 4) is 0 Å².